The Morgan fingerprint density at radius 2 is 1.68 bits per heavy atom. The second-order valence-corrected chi connectivity index (χ2v) is 5.41. The van der Waals surface area contributed by atoms with Gasteiger partial charge in [0.1, 0.15) is 0 Å². The van der Waals surface area contributed by atoms with Gasteiger partial charge < -0.3 is 30.1 Å². The minimum atomic E-state index is -0.762. The van der Waals surface area contributed by atoms with Crippen molar-refractivity contribution in [2.45, 2.75) is 12.5 Å². The highest BCUT2D eigenvalue weighted by molar-refractivity contribution is 5.85. The zero-order valence-corrected chi connectivity index (χ0v) is 15.0. The number of hydrogen-bond donors (Lipinski definition) is 4. The molecule has 1 unspecified atom stereocenters. The van der Waals surface area contributed by atoms with Crippen molar-refractivity contribution < 1.29 is 24.8 Å². The average molecular weight is 370 g/mol. The molecule has 0 aromatic heterocycles. The first kappa shape index (κ1) is 20.9. The topological polar surface area (TPSA) is 91.2 Å². The molecule has 0 fully saturated rings. The van der Waals surface area contributed by atoms with Crippen LogP contribution in [0.2, 0.25) is 0 Å². The summed E-state index contributed by atoms with van der Waals surface area (Å²) in [5, 5.41) is 32.0. The molecule has 0 aliphatic heterocycles. The number of ether oxygens (including phenoxy) is 2. The SMILES string of the molecule is COc1ccc(CCNCC(O)c2ccc(O)c(O)c2)cc1OC.Cl. The Morgan fingerprint density at radius 1 is 0.960 bits per heavy atom. The smallest absolute Gasteiger partial charge is 0.160 e. The maximum atomic E-state index is 10.1. The second kappa shape index (κ2) is 9.98. The van der Waals surface area contributed by atoms with Crippen molar-refractivity contribution in [2.75, 3.05) is 27.3 Å². The van der Waals surface area contributed by atoms with Gasteiger partial charge in [-0.15, -0.1) is 12.4 Å². The third-order valence-corrected chi connectivity index (χ3v) is 3.76. The molecule has 4 N–H and O–H groups in total. The highest BCUT2D eigenvalue weighted by atomic mass is 35.5. The number of nitrogens with one attached hydrogen (secondary N) is 1. The molecule has 2 rings (SSSR count). The van der Waals surface area contributed by atoms with Gasteiger partial charge in [0, 0.05) is 6.54 Å². The molecule has 0 saturated carbocycles. The lowest BCUT2D eigenvalue weighted by molar-refractivity contribution is 0.174. The van der Waals surface area contributed by atoms with Crippen molar-refractivity contribution in [3.8, 4) is 23.0 Å². The Hall–Kier alpha value is -2.15. The molecule has 0 saturated heterocycles. The molecule has 25 heavy (non-hydrogen) atoms. The third kappa shape index (κ3) is 5.70. The van der Waals surface area contributed by atoms with Crippen molar-refractivity contribution in [2.24, 2.45) is 0 Å². The summed E-state index contributed by atoms with van der Waals surface area (Å²) >= 11 is 0. The first-order chi connectivity index (χ1) is 11.5. The number of aliphatic hydroxyl groups excluding tert-OH is 1. The van der Waals surface area contributed by atoms with Crippen LogP contribution >= 0.6 is 12.4 Å². The van der Waals surface area contributed by atoms with Gasteiger partial charge in [-0.25, -0.2) is 0 Å². The van der Waals surface area contributed by atoms with Crippen LogP contribution in [0.15, 0.2) is 36.4 Å². The van der Waals surface area contributed by atoms with Crippen LogP contribution in [0.25, 0.3) is 0 Å². The van der Waals surface area contributed by atoms with Crippen molar-refractivity contribution in [3.05, 3.63) is 47.5 Å². The first-order valence-electron chi connectivity index (χ1n) is 7.66. The zero-order valence-electron chi connectivity index (χ0n) is 14.2. The Balaban J connectivity index is 0.00000312. The van der Waals surface area contributed by atoms with Gasteiger partial charge in [-0.1, -0.05) is 12.1 Å². The highest BCUT2D eigenvalue weighted by Gasteiger charge is 2.10. The van der Waals surface area contributed by atoms with E-state index in [0.29, 0.717) is 30.2 Å². The molecule has 0 spiro atoms. The van der Waals surface area contributed by atoms with Crippen molar-refractivity contribution in [1.29, 1.82) is 0 Å². The Morgan fingerprint density at radius 3 is 2.32 bits per heavy atom. The predicted molar refractivity (Wildman–Crippen MR) is 98.1 cm³/mol. The molecule has 7 heteroatoms. The summed E-state index contributed by atoms with van der Waals surface area (Å²) in [7, 11) is 3.20. The van der Waals surface area contributed by atoms with E-state index in [1.807, 2.05) is 18.2 Å². The highest BCUT2D eigenvalue weighted by Crippen LogP contribution is 2.28. The summed E-state index contributed by atoms with van der Waals surface area (Å²) in [4.78, 5) is 0. The number of hydrogen-bond acceptors (Lipinski definition) is 6. The molecule has 0 heterocycles. The third-order valence-electron chi connectivity index (χ3n) is 3.76. The summed E-state index contributed by atoms with van der Waals surface area (Å²) in [5.41, 5.74) is 1.64. The number of phenols is 2. The van der Waals surface area contributed by atoms with Crippen LogP contribution in [0.4, 0.5) is 0 Å². The van der Waals surface area contributed by atoms with Crippen LogP contribution in [0.1, 0.15) is 17.2 Å². The van der Waals surface area contributed by atoms with E-state index in [-0.39, 0.29) is 23.9 Å². The first-order valence-corrected chi connectivity index (χ1v) is 7.66. The summed E-state index contributed by atoms with van der Waals surface area (Å²) in [6, 6.07) is 10.1. The lowest BCUT2D eigenvalue weighted by Crippen LogP contribution is -2.23. The lowest BCUT2D eigenvalue weighted by atomic mass is 10.1. The zero-order chi connectivity index (χ0) is 17.5. The molecule has 0 amide bonds. The lowest BCUT2D eigenvalue weighted by Gasteiger charge is -2.13. The minimum absolute atomic E-state index is 0. The van der Waals surface area contributed by atoms with Crippen LogP contribution in [0.3, 0.4) is 0 Å². The van der Waals surface area contributed by atoms with Crippen LogP contribution < -0.4 is 14.8 Å². The number of aromatic hydroxyl groups is 2. The molecule has 138 valence electrons. The monoisotopic (exact) mass is 369 g/mol. The fraction of sp³-hybridized carbons (Fsp3) is 0.333. The van der Waals surface area contributed by atoms with Gasteiger partial charge >= 0.3 is 0 Å². The number of methoxy groups -OCH3 is 2. The van der Waals surface area contributed by atoms with Gasteiger partial charge in [0.2, 0.25) is 0 Å². The van der Waals surface area contributed by atoms with Gasteiger partial charge in [0.15, 0.2) is 23.0 Å². The summed E-state index contributed by atoms with van der Waals surface area (Å²) in [6.45, 7) is 1.02. The minimum Gasteiger partial charge on any atom is -0.504 e. The van der Waals surface area contributed by atoms with E-state index in [1.54, 1.807) is 20.3 Å². The van der Waals surface area contributed by atoms with Gasteiger partial charge in [-0.3, -0.25) is 0 Å². The van der Waals surface area contributed by atoms with E-state index >= 15 is 0 Å². The maximum absolute atomic E-state index is 10.1. The maximum Gasteiger partial charge on any atom is 0.160 e. The molecular formula is C18H24ClNO5. The molecule has 2 aromatic carbocycles. The van der Waals surface area contributed by atoms with Gasteiger partial charge in [-0.2, -0.15) is 0 Å². The van der Waals surface area contributed by atoms with E-state index in [0.717, 1.165) is 12.0 Å². The summed E-state index contributed by atoms with van der Waals surface area (Å²) < 4.78 is 10.5. The number of benzene rings is 2. The Labute approximate surface area is 153 Å². The van der Waals surface area contributed by atoms with Gasteiger partial charge in [-0.05, 0) is 48.4 Å². The van der Waals surface area contributed by atoms with E-state index in [9.17, 15) is 15.3 Å². The fourth-order valence-electron chi connectivity index (χ4n) is 2.37. The molecule has 0 aliphatic carbocycles. The summed E-state index contributed by atoms with van der Waals surface area (Å²) in [5.74, 6) is 0.940. The van der Waals surface area contributed by atoms with Crippen molar-refractivity contribution >= 4 is 12.4 Å². The van der Waals surface area contributed by atoms with E-state index in [4.69, 9.17) is 9.47 Å². The number of aliphatic hydroxyl groups is 1. The van der Waals surface area contributed by atoms with Crippen molar-refractivity contribution in [1.82, 2.24) is 5.32 Å². The number of rotatable bonds is 8. The fourth-order valence-corrected chi connectivity index (χ4v) is 2.37. The van der Waals surface area contributed by atoms with Crippen LogP contribution in [0.5, 0.6) is 23.0 Å². The normalized spacial score (nSPS) is 11.5. The van der Waals surface area contributed by atoms with Crippen LogP contribution in [-0.2, 0) is 6.42 Å². The average Bonchev–Trinajstić information content (AvgIpc) is 2.60. The Bertz CT molecular complexity index is 681. The van der Waals surface area contributed by atoms with E-state index < -0.39 is 6.10 Å². The van der Waals surface area contributed by atoms with Crippen LogP contribution in [-0.4, -0.2) is 42.6 Å². The van der Waals surface area contributed by atoms with E-state index in [2.05, 4.69) is 5.32 Å². The molecule has 6 nitrogen and oxygen atoms in total. The van der Waals surface area contributed by atoms with Crippen molar-refractivity contribution in [3.63, 3.8) is 0 Å². The molecule has 0 bridgehead atoms. The van der Waals surface area contributed by atoms with Crippen LogP contribution in [0, 0.1) is 0 Å². The second-order valence-electron chi connectivity index (χ2n) is 5.41. The standard InChI is InChI=1S/C18H23NO5.ClH/c1-23-17-6-3-12(9-18(17)24-2)7-8-19-11-16(22)13-4-5-14(20)15(21)10-13;/h3-6,9-10,16,19-22H,7-8,11H2,1-2H3;1H. The molecule has 2 aromatic rings. The quantitative estimate of drug-likeness (QED) is 0.422. The predicted octanol–water partition coefficient (Wildman–Crippen LogP) is 2.40. The largest absolute Gasteiger partial charge is 0.504 e. The number of phenolic OH excluding ortho intramolecular Hbond substituents is 2. The molecular weight excluding hydrogens is 346 g/mol. The number of halogens is 1. The van der Waals surface area contributed by atoms with E-state index in [1.165, 1.54) is 12.1 Å². The van der Waals surface area contributed by atoms with Gasteiger partial charge in [0.05, 0.1) is 20.3 Å². The molecule has 0 radical (unpaired) electrons. The molecule has 1 atom stereocenters. The molecule has 0 aliphatic rings. The Kier molecular flexibility index (Phi) is 8.34. The summed E-state index contributed by atoms with van der Waals surface area (Å²) in [6.07, 6.45) is 0.00960. The van der Waals surface area contributed by atoms with Gasteiger partial charge in [0.25, 0.3) is 0 Å².